The molecule has 142 valence electrons. The van der Waals surface area contributed by atoms with Crippen LogP contribution < -0.4 is 14.2 Å². The van der Waals surface area contributed by atoms with E-state index in [2.05, 4.69) is 4.72 Å². The Hall–Kier alpha value is -2.26. The van der Waals surface area contributed by atoms with Crippen LogP contribution in [0.2, 0.25) is 0 Å². The Morgan fingerprint density at radius 1 is 0.808 bits per heavy atom. The van der Waals surface area contributed by atoms with Gasteiger partial charge in [0.05, 0.1) is 28.7 Å². The minimum atomic E-state index is -3.87. The highest BCUT2D eigenvalue weighted by molar-refractivity contribution is 7.92. The standard InChI is InChI=1S/C17H21NO6S2/c1-4-23-16-11-6-13(12-17(16)24-5-2)18-26(21,22)15-9-7-14(8-10-15)25(3,19)20/h6-12,18H,4-5H2,1-3H3. The first kappa shape index (κ1) is 20.1. The molecule has 0 aromatic heterocycles. The summed E-state index contributed by atoms with van der Waals surface area (Å²) in [5, 5.41) is 0. The summed E-state index contributed by atoms with van der Waals surface area (Å²) in [6, 6.07) is 9.74. The minimum Gasteiger partial charge on any atom is -0.490 e. The van der Waals surface area contributed by atoms with Crippen molar-refractivity contribution in [2.75, 3.05) is 24.2 Å². The van der Waals surface area contributed by atoms with Crippen molar-refractivity contribution < 1.29 is 26.3 Å². The molecule has 0 bridgehead atoms. The summed E-state index contributed by atoms with van der Waals surface area (Å²) >= 11 is 0. The molecule has 0 heterocycles. The Labute approximate surface area is 153 Å². The lowest BCUT2D eigenvalue weighted by Crippen LogP contribution is -2.13. The fraction of sp³-hybridized carbons (Fsp3) is 0.294. The number of ether oxygens (including phenoxy) is 2. The molecule has 0 aliphatic rings. The van der Waals surface area contributed by atoms with Crippen LogP contribution >= 0.6 is 0 Å². The van der Waals surface area contributed by atoms with Crippen molar-refractivity contribution in [3.8, 4) is 11.5 Å². The summed E-state index contributed by atoms with van der Waals surface area (Å²) in [5.74, 6) is 0.955. The molecular weight excluding hydrogens is 378 g/mol. The van der Waals surface area contributed by atoms with Gasteiger partial charge in [0, 0.05) is 12.3 Å². The molecule has 0 spiro atoms. The van der Waals surface area contributed by atoms with Gasteiger partial charge >= 0.3 is 0 Å². The molecule has 0 fully saturated rings. The van der Waals surface area contributed by atoms with E-state index in [1.807, 2.05) is 13.8 Å². The van der Waals surface area contributed by atoms with Crippen molar-refractivity contribution in [1.82, 2.24) is 0 Å². The Bertz CT molecular complexity index is 967. The third-order valence-corrected chi connectivity index (χ3v) is 5.88. The van der Waals surface area contributed by atoms with Gasteiger partial charge in [-0.3, -0.25) is 4.72 Å². The first-order chi connectivity index (χ1) is 12.2. The SMILES string of the molecule is CCOc1ccc(NS(=O)(=O)c2ccc(S(C)(=O)=O)cc2)cc1OCC. The second kappa shape index (κ2) is 7.96. The van der Waals surface area contributed by atoms with Crippen molar-refractivity contribution in [3.05, 3.63) is 42.5 Å². The largest absolute Gasteiger partial charge is 0.490 e. The van der Waals surface area contributed by atoms with Crippen LogP contribution in [0.4, 0.5) is 5.69 Å². The van der Waals surface area contributed by atoms with E-state index in [1.165, 1.54) is 30.3 Å². The van der Waals surface area contributed by atoms with Crippen LogP contribution in [0, 0.1) is 0 Å². The van der Waals surface area contributed by atoms with Crippen molar-refractivity contribution >= 4 is 25.5 Å². The summed E-state index contributed by atoms with van der Waals surface area (Å²) in [4.78, 5) is 0.00731. The van der Waals surface area contributed by atoms with E-state index < -0.39 is 19.9 Å². The fourth-order valence-electron chi connectivity index (χ4n) is 2.19. The number of anilines is 1. The van der Waals surface area contributed by atoms with Gasteiger partial charge in [0.1, 0.15) is 0 Å². The van der Waals surface area contributed by atoms with Crippen LogP contribution in [0.25, 0.3) is 0 Å². The van der Waals surface area contributed by atoms with E-state index >= 15 is 0 Å². The number of hydrogen-bond donors (Lipinski definition) is 1. The molecule has 0 aliphatic carbocycles. The maximum Gasteiger partial charge on any atom is 0.261 e. The average molecular weight is 399 g/mol. The van der Waals surface area contributed by atoms with Gasteiger partial charge in [0.15, 0.2) is 21.3 Å². The predicted octanol–water partition coefficient (Wildman–Crippen LogP) is 2.69. The highest BCUT2D eigenvalue weighted by atomic mass is 32.2. The average Bonchev–Trinajstić information content (AvgIpc) is 2.57. The van der Waals surface area contributed by atoms with Crippen LogP contribution in [-0.4, -0.2) is 36.3 Å². The monoisotopic (exact) mass is 399 g/mol. The number of nitrogens with one attached hydrogen (secondary N) is 1. The molecule has 0 unspecified atom stereocenters. The lowest BCUT2D eigenvalue weighted by Gasteiger charge is -2.14. The zero-order valence-corrected chi connectivity index (χ0v) is 16.4. The molecule has 7 nitrogen and oxygen atoms in total. The number of hydrogen-bond acceptors (Lipinski definition) is 6. The molecule has 0 amide bonds. The summed E-state index contributed by atoms with van der Waals surface area (Å²) in [6.45, 7) is 4.52. The van der Waals surface area contributed by atoms with Crippen molar-refractivity contribution in [1.29, 1.82) is 0 Å². The first-order valence-corrected chi connectivity index (χ1v) is 11.3. The number of benzene rings is 2. The van der Waals surface area contributed by atoms with Gasteiger partial charge in [-0.2, -0.15) is 0 Å². The summed E-state index contributed by atoms with van der Waals surface area (Å²) in [5.41, 5.74) is 0.309. The maximum absolute atomic E-state index is 12.5. The molecule has 0 radical (unpaired) electrons. The maximum atomic E-state index is 12.5. The molecule has 2 aromatic carbocycles. The first-order valence-electron chi connectivity index (χ1n) is 7.90. The quantitative estimate of drug-likeness (QED) is 0.733. The van der Waals surface area contributed by atoms with Gasteiger partial charge in [0.25, 0.3) is 10.0 Å². The van der Waals surface area contributed by atoms with E-state index in [0.29, 0.717) is 30.4 Å². The summed E-state index contributed by atoms with van der Waals surface area (Å²) in [6.07, 6.45) is 1.06. The van der Waals surface area contributed by atoms with Crippen LogP contribution in [0.1, 0.15) is 13.8 Å². The van der Waals surface area contributed by atoms with E-state index in [-0.39, 0.29) is 9.79 Å². The van der Waals surface area contributed by atoms with Crippen LogP contribution in [-0.2, 0) is 19.9 Å². The summed E-state index contributed by atoms with van der Waals surface area (Å²) in [7, 11) is -7.27. The van der Waals surface area contributed by atoms with E-state index in [0.717, 1.165) is 6.26 Å². The molecule has 0 saturated carbocycles. The Kier molecular flexibility index (Phi) is 6.14. The topological polar surface area (TPSA) is 98.8 Å². The van der Waals surface area contributed by atoms with Crippen molar-refractivity contribution in [3.63, 3.8) is 0 Å². The molecule has 26 heavy (non-hydrogen) atoms. The fourth-order valence-corrected chi connectivity index (χ4v) is 3.87. The van der Waals surface area contributed by atoms with Gasteiger partial charge in [-0.1, -0.05) is 0 Å². The highest BCUT2D eigenvalue weighted by Gasteiger charge is 2.17. The molecule has 1 N–H and O–H groups in total. The van der Waals surface area contributed by atoms with Gasteiger partial charge < -0.3 is 9.47 Å². The molecule has 0 aliphatic heterocycles. The second-order valence-electron chi connectivity index (χ2n) is 5.38. The Morgan fingerprint density at radius 2 is 1.35 bits per heavy atom. The Morgan fingerprint density at radius 3 is 1.88 bits per heavy atom. The molecule has 2 rings (SSSR count). The third kappa shape index (κ3) is 4.89. The summed E-state index contributed by atoms with van der Waals surface area (Å²) < 4.78 is 61.3. The molecule has 9 heteroatoms. The van der Waals surface area contributed by atoms with Gasteiger partial charge in [-0.05, 0) is 50.2 Å². The van der Waals surface area contributed by atoms with E-state index in [9.17, 15) is 16.8 Å². The smallest absolute Gasteiger partial charge is 0.261 e. The van der Waals surface area contributed by atoms with Crippen molar-refractivity contribution in [2.24, 2.45) is 0 Å². The Balaban J connectivity index is 2.30. The van der Waals surface area contributed by atoms with Gasteiger partial charge in [0.2, 0.25) is 0 Å². The number of rotatable bonds is 8. The molecular formula is C17H21NO6S2. The normalized spacial score (nSPS) is 11.8. The zero-order chi connectivity index (χ0) is 19.4. The zero-order valence-electron chi connectivity index (χ0n) is 14.7. The third-order valence-electron chi connectivity index (χ3n) is 3.36. The van der Waals surface area contributed by atoms with Gasteiger partial charge in [-0.15, -0.1) is 0 Å². The molecule has 0 saturated heterocycles. The molecule has 2 aromatic rings. The van der Waals surface area contributed by atoms with Crippen LogP contribution in [0.15, 0.2) is 52.3 Å². The number of sulfonamides is 1. The highest BCUT2D eigenvalue weighted by Crippen LogP contribution is 2.31. The molecule has 0 atom stereocenters. The predicted molar refractivity (Wildman–Crippen MR) is 99.1 cm³/mol. The minimum absolute atomic E-state index is 0.0447. The van der Waals surface area contributed by atoms with Crippen molar-refractivity contribution in [2.45, 2.75) is 23.6 Å². The lowest BCUT2D eigenvalue weighted by molar-refractivity contribution is 0.288. The van der Waals surface area contributed by atoms with E-state index in [1.54, 1.807) is 12.1 Å². The second-order valence-corrected chi connectivity index (χ2v) is 9.07. The lowest BCUT2D eigenvalue weighted by atomic mass is 10.3. The van der Waals surface area contributed by atoms with Gasteiger partial charge in [-0.25, -0.2) is 16.8 Å². The van der Waals surface area contributed by atoms with Crippen LogP contribution in [0.3, 0.4) is 0 Å². The van der Waals surface area contributed by atoms with Crippen LogP contribution in [0.5, 0.6) is 11.5 Å². The van der Waals surface area contributed by atoms with E-state index in [4.69, 9.17) is 9.47 Å². The number of sulfone groups is 1.